The van der Waals surface area contributed by atoms with E-state index in [0.717, 1.165) is 35.2 Å². The summed E-state index contributed by atoms with van der Waals surface area (Å²) in [6.45, 7) is 4.83. The Balaban J connectivity index is 1.44. The summed E-state index contributed by atoms with van der Waals surface area (Å²) in [4.78, 5) is 31.5. The van der Waals surface area contributed by atoms with Gasteiger partial charge in [-0.1, -0.05) is 36.9 Å². The average molecular weight is 533 g/mol. The predicted octanol–water partition coefficient (Wildman–Crippen LogP) is 4.67. The molecule has 0 unspecified atom stereocenters. The fraction of sp³-hybridized carbons (Fsp3) is 0.167. The van der Waals surface area contributed by atoms with Crippen LogP contribution in [0.5, 0.6) is 0 Å². The fourth-order valence-electron chi connectivity index (χ4n) is 5.25. The number of aromatic amines is 1. The third-order valence-corrected chi connectivity index (χ3v) is 7.21. The summed E-state index contributed by atoms with van der Waals surface area (Å²) in [6.07, 6.45) is 6.50. The maximum atomic E-state index is 12.8. The number of nitrogens with two attached hydrogens (primary N) is 1. The highest BCUT2D eigenvalue weighted by molar-refractivity contribution is 6.07. The number of carbonyl (C=O) groups is 2. The predicted molar refractivity (Wildman–Crippen MR) is 154 cm³/mol. The van der Waals surface area contributed by atoms with Gasteiger partial charge in [0, 0.05) is 47.9 Å². The second-order valence-corrected chi connectivity index (χ2v) is 9.72. The van der Waals surface area contributed by atoms with Gasteiger partial charge in [-0.3, -0.25) is 19.4 Å². The number of rotatable bonds is 6. The Bertz CT molecular complexity index is 1690. The second kappa shape index (κ2) is 10.5. The van der Waals surface area contributed by atoms with Crippen molar-refractivity contribution >= 4 is 34.2 Å². The van der Waals surface area contributed by atoms with Gasteiger partial charge in [-0.05, 0) is 49.2 Å². The lowest BCUT2D eigenvalue weighted by Gasteiger charge is -2.32. The highest BCUT2D eigenvalue weighted by atomic mass is 16.2. The van der Waals surface area contributed by atoms with Gasteiger partial charge in [0.05, 0.1) is 22.6 Å². The van der Waals surface area contributed by atoms with Gasteiger partial charge in [-0.15, -0.1) is 0 Å². The number of nitrogens with one attached hydrogen (secondary N) is 2. The Morgan fingerprint density at radius 2 is 1.90 bits per heavy atom. The first-order valence-corrected chi connectivity index (χ1v) is 13.1. The van der Waals surface area contributed by atoms with Crippen LogP contribution in [0, 0.1) is 0 Å². The van der Waals surface area contributed by atoms with E-state index < -0.39 is 0 Å². The van der Waals surface area contributed by atoms with Crippen LogP contribution < -0.4 is 11.1 Å². The molecule has 6 rings (SSSR count). The lowest BCUT2D eigenvalue weighted by molar-refractivity contribution is -0.127. The van der Waals surface area contributed by atoms with Crippen molar-refractivity contribution < 1.29 is 9.59 Å². The molecule has 2 aromatic carbocycles. The summed E-state index contributed by atoms with van der Waals surface area (Å²) in [6, 6.07) is 18.4. The first-order valence-electron chi connectivity index (χ1n) is 13.1. The molecule has 3 aromatic heterocycles. The van der Waals surface area contributed by atoms with Crippen LogP contribution in [0.2, 0.25) is 0 Å². The number of pyridine rings is 1. The van der Waals surface area contributed by atoms with Crippen LogP contribution in [0.15, 0.2) is 85.7 Å². The molecule has 2 amide bonds. The smallest absolute Gasteiger partial charge is 0.255 e. The number of para-hydroxylation sites is 1. The van der Waals surface area contributed by atoms with E-state index in [-0.39, 0.29) is 17.9 Å². The summed E-state index contributed by atoms with van der Waals surface area (Å²) in [5, 5.41) is 15.9. The Labute approximate surface area is 230 Å². The lowest BCUT2D eigenvalue weighted by Crippen LogP contribution is -2.40. The third-order valence-electron chi connectivity index (χ3n) is 7.21. The van der Waals surface area contributed by atoms with Crippen molar-refractivity contribution in [1.29, 1.82) is 0 Å². The molecule has 200 valence electrons. The minimum absolute atomic E-state index is 0.0793. The van der Waals surface area contributed by atoms with E-state index in [1.807, 2.05) is 53.2 Å². The van der Waals surface area contributed by atoms with E-state index in [0.29, 0.717) is 41.2 Å². The Morgan fingerprint density at radius 3 is 2.62 bits per heavy atom. The summed E-state index contributed by atoms with van der Waals surface area (Å²) < 4.78 is 1.96. The van der Waals surface area contributed by atoms with Gasteiger partial charge in [-0.2, -0.15) is 10.2 Å². The van der Waals surface area contributed by atoms with E-state index in [4.69, 9.17) is 10.8 Å². The summed E-state index contributed by atoms with van der Waals surface area (Å²) >= 11 is 0. The zero-order valence-corrected chi connectivity index (χ0v) is 21.7. The minimum Gasteiger partial charge on any atom is -0.383 e. The Hall–Kier alpha value is -5.25. The van der Waals surface area contributed by atoms with Crippen molar-refractivity contribution in [3.63, 3.8) is 0 Å². The zero-order valence-electron chi connectivity index (χ0n) is 21.7. The number of nitrogen functional groups attached to an aromatic ring is 1. The number of piperidine rings is 1. The highest BCUT2D eigenvalue weighted by Crippen LogP contribution is 2.39. The van der Waals surface area contributed by atoms with Gasteiger partial charge in [0.15, 0.2) is 0 Å². The molecule has 10 heteroatoms. The fourth-order valence-corrected chi connectivity index (χ4v) is 5.25. The number of anilines is 2. The largest absolute Gasteiger partial charge is 0.383 e. The Morgan fingerprint density at radius 1 is 1.10 bits per heavy atom. The van der Waals surface area contributed by atoms with Gasteiger partial charge in [-0.25, -0.2) is 4.98 Å². The molecule has 40 heavy (non-hydrogen) atoms. The number of H-pyrrole nitrogens is 1. The van der Waals surface area contributed by atoms with Crippen LogP contribution in [-0.4, -0.2) is 54.8 Å². The molecule has 4 N–H and O–H groups in total. The monoisotopic (exact) mass is 532 g/mol. The lowest BCUT2D eigenvalue weighted by atomic mass is 10.0. The molecule has 0 bridgehead atoms. The van der Waals surface area contributed by atoms with Crippen molar-refractivity contribution in [2.24, 2.45) is 0 Å². The van der Waals surface area contributed by atoms with Crippen LogP contribution in [0.4, 0.5) is 11.5 Å². The van der Waals surface area contributed by atoms with Crippen LogP contribution >= 0.6 is 0 Å². The number of hydrogen-bond donors (Lipinski definition) is 3. The standard InChI is InChI=1S/C30H28N8O2/c1-2-25(39)37-16-6-9-22(18-37)38-28-23(24-14-15-33-35-24)17-32-29(31)26(28)27(36-38)19-10-12-20(13-11-19)30(40)34-21-7-4-3-5-8-21/h2-5,7-8,10-15,17,22H,1,6,9,16,18H2,(H2,31,32)(H,33,35)(H,34,40)/t22-/m1/s1. The number of amides is 2. The normalized spacial score (nSPS) is 15.2. The number of aromatic nitrogens is 5. The second-order valence-electron chi connectivity index (χ2n) is 9.72. The number of hydrogen-bond acceptors (Lipinski definition) is 6. The molecule has 0 aliphatic carbocycles. The number of benzene rings is 2. The molecular formula is C30H28N8O2. The van der Waals surface area contributed by atoms with Gasteiger partial charge < -0.3 is 16.0 Å². The van der Waals surface area contributed by atoms with Crippen LogP contribution in [0.3, 0.4) is 0 Å². The van der Waals surface area contributed by atoms with E-state index >= 15 is 0 Å². The molecule has 0 saturated carbocycles. The zero-order chi connectivity index (χ0) is 27.6. The number of likely N-dealkylation sites (tertiary alicyclic amines) is 1. The third kappa shape index (κ3) is 4.60. The molecule has 1 atom stereocenters. The maximum absolute atomic E-state index is 12.8. The quantitative estimate of drug-likeness (QED) is 0.272. The molecule has 1 aliphatic heterocycles. The van der Waals surface area contributed by atoms with Crippen molar-refractivity contribution in [2.45, 2.75) is 18.9 Å². The summed E-state index contributed by atoms with van der Waals surface area (Å²) in [7, 11) is 0. The number of nitrogens with zero attached hydrogens (tertiary/aromatic N) is 5. The molecule has 0 radical (unpaired) electrons. The number of carbonyl (C=O) groups excluding carboxylic acids is 2. The molecule has 1 saturated heterocycles. The average Bonchev–Trinajstić information content (AvgIpc) is 3.67. The van der Waals surface area contributed by atoms with Crippen LogP contribution in [0.25, 0.3) is 33.4 Å². The highest BCUT2D eigenvalue weighted by Gasteiger charge is 2.29. The van der Waals surface area contributed by atoms with E-state index in [1.54, 1.807) is 29.4 Å². The van der Waals surface area contributed by atoms with E-state index in [2.05, 4.69) is 27.1 Å². The topological polar surface area (TPSA) is 135 Å². The molecular weight excluding hydrogens is 504 g/mol. The van der Waals surface area contributed by atoms with Gasteiger partial charge in [0.25, 0.3) is 5.91 Å². The molecule has 5 aromatic rings. The molecule has 1 aliphatic rings. The summed E-state index contributed by atoms with van der Waals surface area (Å²) in [5.74, 6) is 0.0417. The molecule has 1 fully saturated rings. The molecule has 0 spiro atoms. The van der Waals surface area contributed by atoms with Crippen LogP contribution in [0.1, 0.15) is 29.2 Å². The van der Waals surface area contributed by atoms with Gasteiger partial charge in [0.1, 0.15) is 11.5 Å². The van der Waals surface area contributed by atoms with Crippen molar-refractivity contribution in [2.75, 3.05) is 24.1 Å². The van der Waals surface area contributed by atoms with Crippen LogP contribution in [-0.2, 0) is 4.79 Å². The van der Waals surface area contributed by atoms with E-state index in [1.165, 1.54) is 6.08 Å². The molecule has 4 heterocycles. The maximum Gasteiger partial charge on any atom is 0.255 e. The van der Waals surface area contributed by atoms with E-state index in [9.17, 15) is 9.59 Å². The van der Waals surface area contributed by atoms with Gasteiger partial charge >= 0.3 is 0 Å². The van der Waals surface area contributed by atoms with Crippen molar-refractivity contribution in [1.82, 2.24) is 29.9 Å². The summed E-state index contributed by atoms with van der Waals surface area (Å²) in [5.41, 5.74) is 11.5. The first-order chi connectivity index (χ1) is 19.5. The van der Waals surface area contributed by atoms with Crippen molar-refractivity contribution in [3.05, 3.63) is 91.3 Å². The number of fused-ring (bicyclic) bond motifs is 1. The van der Waals surface area contributed by atoms with Crippen molar-refractivity contribution in [3.8, 4) is 22.5 Å². The molecule has 10 nitrogen and oxygen atoms in total. The Kier molecular flexibility index (Phi) is 6.57. The minimum atomic E-state index is -0.204. The SMILES string of the molecule is C=CC(=O)N1CCC[C@@H](n2nc(-c3ccc(C(=O)Nc4ccccc4)cc3)c3c(N)ncc(-c4cc[nH]n4)c32)C1. The van der Waals surface area contributed by atoms with Gasteiger partial charge in [0.2, 0.25) is 5.91 Å². The first kappa shape index (κ1) is 25.1.